The largest absolute Gasteiger partial charge is 0.320 e. The summed E-state index contributed by atoms with van der Waals surface area (Å²) < 4.78 is 27.0. The Morgan fingerprint density at radius 3 is 2.62 bits per heavy atom. The van der Waals surface area contributed by atoms with Gasteiger partial charge in [0.25, 0.3) is 10.0 Å². The monoisotopic (exact) mass is 348 g/mol. The molecular formula is C8H14BrClN2O2S2. The lowest BCUT2D eigenvalue weighted by molar-refractivity contribution is 0.579. The fourth-order valence-electron chi connectivity index (χ4n) is 1.01. The first-order valence-electron chi connectivity index (χ1n) is 4.45. The zero-order chi connectivity index (χ0) is 11.3. The van der Waals surface area contributed by atoms with Gasteiger partial charge in [0.15, 0.2) is 0 Å². The Bertz CT molecular complexity index is 408. The van der Waals surface area contributed by atoms with Gasteiger partial charge in [-0.15, -0.1) is 23.7 Å². The van der Waals surface area contributed by atoms with E-state index in [1.165, 1.54) is 11.3 Å². The van der Waals surface area contributed by atoms with Crippen LogP contribution in [0.15, 0.2) is 20.1 Å². The first-order chi connectivity index (χ1) is 7.08. The van der Waals surface area contributed by atoms with Crippen molar-refractivity contribution in [3.8, 4) is 0 Å². The molecule has 0 saturated heterocycles. The van der Waals surface area contributed by atoms with Crippen LogP contribution in [-0.4, -0.2) is 28.6 Å². The molecular weight excluding hydrogens is 336 g/mol. The van der Waals surface area contributed by atoms with Crippen molar-refractivity contribution >= 4 is 49.7 Å². The molecule has 1 rings (SSSR count). The maximum atomic E-state index is 11.7. The molecule has 0 saturated carbocycles. The first-order valence-corrected chi connectivity index (χ1v) is 7.61. The minimum absolute atomic E-state index is 0. The second kappa shape index (κ2) is 7.62. The number of halogens is 2. The SMILES string of the molecule is CNCCCNS(=O)(=O)c1sccc1Br.Cl. The van der Waals surface area contributed by atoms with Gasteiger partial charge in [0.1, 0.15) is 4.21 Å². The summed E-state index contributed by atoms with van der Waals surface area (Å²) in [6, 6.07) is 1.73. The summed E-state index contributed by atoms with van der Waals surface area (Å²) in [6.07, 6.45) is 0.777. The van der Waals surface area contributed by atoms with Gasteiger partial charge in [-0.2, -0.15) is 0 Å². The summed E-state index contributed by atoms with van der Waals surface area (Å²) in [5.41, 5.74) is 0. The third-order valence-electron chi connectivity index (χ3n) is 1.72. The van der Waals surface area contributed by atoms with Crippen LogP contribution in [0, 0.1) is 0 Å². The quantitative estimate of drug-likeness (QED) is 0.770. The Hall–Kier alpha value is 0.340. The molecule has 0 aliphatic carbocycles. The lowest BCUT2D eigenvalue weighted by Gasteiger charge is -2.04. The van der Waals surface area contributed by atoms with Crippen molar-refractivity contribution in [2.24, 2.45) is 0 Å². The topological polar surface area (TPSA) is 58.2 Å². The standard InChI is InChI=1S/C8H13BrN2O2S2.ClH/c1-10-4-2-5-11-15(12,13)8-7(9)3-6-14-8;/h3,6,10-11H,2,4-5H2,1H3;1H. The zero-order valence-electron chi connectivity index (χ0n) is 8.70. The molecule has 4 nitrogen and oxygen atoms in total. The molecule has 0 aromatic carbocycles. The average molecular weight is 350 g/mol. The molecule has 0 aliphatic rings. The smallest absolute Gasteiger partial charge is 0.251 e. The molecule has 0 bridgehead atoms. The summed E-state index contributed by atoms with van der Waals surface area (Å²) in [4.78, 5) is 0. The van der Waals surface area contributed by atoms with Crippen molar-refractivity contribution in [1.29, 1.82) is 0 Å². The van der Waals surface area contributed by atoms with Gasteiger partial charge in [-0.1, -0.05) is 0 Å². The number of hydrogen-bond donors (Lipinski definition) is 2. The molecule has 2 N–H and O–H groups in total. The zero-order valence-corrected chi connectivity index (χ0v) is 12.7. The predicted octanol–water partition coefficient (Wildman–Crippen LogP) is 1.82. The van der Waals surface area contributed by atoms with E-state index in [-0.39, 0.29) is 12.4 Å². The molecule has 0 spiro atoms. The molecule has 1 heterocycles. The number of sulfonamides is 1. The van der Waals surface area contributed by atoms with Gasteiger partial charge in [-0.25, -0.2) is 13.1 Å². The van der Waals surface area contributed by atoms with Crippen LogP contribution in [-0.2, 0) is 10.0 Å². The summed E-state index contributed by atoms with van der Waals surface area (Å²) in [6.45, 7) is 1.25. The van der Waals surface area contributed by atoms with Crippen LogP contribution in [0.4, 0.5) is 0 Å². The van der Waals surface area contributed by atoms with E-state index in [0.29, 0.717) is 15.2 Å². The van der Waals surface area contributed by atoms with Gasteiger partial charge < -0.3 is 5.32 Å². The highest BCUT2D eigenvalue weighted by molar-refractivity contribution is 9.10. The van der Waals surface area contributed by atoms with Crippen LogP contribution in [0.2, 0.25) is 0 Å². The van der Waals surface area contributed by atoms with E-state index in [1.54, 1.807) is 11.4 Å². The molecule has 0 radical (unpaired) electrons. The number of rotatable bonds is 6. The highest BCUT2D eigenvalue weighted by Crippen LogP contribution is 2.27. The van der Waals surface area contributed by atoms with Crippen molar-refractivity contribution in [3.05, 3.63) is 15.9 Å². The average Bonchev–Trinajstić information content (AvgIpc) is 2.60. The van der Waals surface area contributed by atoms with Gasteiger partial charge in [0, 0.05) is 11.0 Å². The Labute approximate surface area is 114 Å². The molecule has 1 aromatic heterocycles. The van der Waals surface area contributed by atoms with Crippen LogP contribution in [0.25, 0.3) is 0 Å². The molecule has 0 amide bonds. The van der Waals surface area contributed by atoms with E-state index >= 15 is 0 Å². The van der Waals surface area contributed by atoms with E-state index in [2.05, 4.69) is 26.0 Å². The predicted molar refractivity (Wildman–Crippen MR) is 73.0 cm³/mol. The Balaban J connectivity index is 0.00000225. The van der Waals surface area contributed by atoms with E-state index in [1.807, 2.05) is 7.05 Å². The lowest BCUT2D eigenvalue weighted by Crippen LogP contribution is -2.26. The van der Waals surface area contributed by atoms with Crippen molar-refractivity contribution < 1.29 is 8.42 Å². The third-order valence-corrected chi connectivity index (χ3v) is 5.86. The lowest BCUT2D eigenvalue weighted by atomic mass is 10.4. The minimum Gasteiger partial charge on any atom is -0.320 e. The van der Waals surface area contributed by atoms with Crippen molar-refractivity contribution in [2.75, 3.05) is 20.1 Å². The van der Waals surface area contributed by atoms with E-state index in [0.717, 1.165) is 13.0 Å². The molecule has 0 aliphatic heterocycles. The van der Waals surface area contributed by atoms with Crippen LogP contribution in [0.1, 0.15) is 6.42 Å². The van der Waals surface area contributed by atoms with E-state index < -0.39 is 10.0 Å². The second-order valence-electron chi connectivity index (χ2n) is 2.91. The molecule has 94 valence electrons. The molecule has 1 aromatic rings. The summed E-state index contributed by atoms with van der Waals surface area (Å²) >= 11 is 4.41. The van der Waals surface area contributed by atoms with Crippen molar-refractivity contribution in [3.63, 3.8) is 0 Å². The highest BCUT2D eigenvalue weighted by Gasteiger charge is 2.17. The van der Waals surface area contributed by atoms with Gasteiger partial charge in [-0.3, -0.25) is 0 Å². The highest BCUT2D eigenvalue weighted by atomic mass is 79.9. The Morgan fingerprint density at radius 1 is 1.44 bits per heavy atom. The van der Waals surface area contributed by atoms with Crippen LogP contribution < -0.4 is 10.0 Å². The summed E-state index contributed by atoms with van der Waals surface area (Å²) in [5, 5.41) is 4.70. The first kappa shape index (κ1) is 16.3. The van der Waals surface area contributed by atoms with Crippen molar-refractivity contribution in [2.45, 2.75) is 10.6 Å². The van der Waals surface area contributed by atoms with E-state index in [4.69, 9.17) is 0 Å². The molecule has 0 atom stereocenters. The van der Waals surface area contributed by atoms with Crippen LogP contribution >= 0.6 is 39.7 Å². The fraction of sp³-hybridized carbons (Fsp3) is 0.500. The minimum atomic E-state index is -3.33. The van der Waals surface area contributed by atoms with E-state index in [9.17, 15) is 8.42 Å². The van der Waals surface area contributed by atoms with Crippen LogP contribution in [0.5, 0.6) is 0 Å². The molecule has 16 heavy (non-hydrogen) atoms. The van der Waals surface area contributed by atoms with Gasteiger partial charge >= 0.3 is 0 Å². The molecule has 8 heteroatoms. The van der Waals surface area contributed by atoms with Crippen molar-refractivity contribution in [1.82, 2.24) is 10.0 Å². The van der Waals surface area contributed by atoms with Gasteiger partial charge in [0.2, 0.25) is 0 Å². The Morgan fingerprint density at radius 2 is 2.12 bits per heavy atom. The maximum Gasteiger partial charge on any atom is 0.251 e. The van der Waals surface area contributed by atoms with Gasteiger partial charge in [-0.05, 0) is 47.4 Å². The molecule has 0 fully saturated rings. The second-order valence-corrected chi connectivity index (χ2v) is 6.64. The Kier molecular flexibility index (Phi) is 7.79. The fourth-order valence-corrected chi connectivity index (χ4v) is 4.46. The maximum absolute atomic E-state index is 11.7. The number of hydrogen-bond acceptors (Lipinski definition) is 4. The van der Waals surface area contributed by atoms with Gasteiger partial charge in [0.05, 0.1) is 0 Å². The number of thiophene rings is 1. The summed E-state index contributed by atoms with van der Waals surface area (Å²) in [7, 11) is -1.50. The summed E-state index contributed by atoms with van der Waals surface area (Å²) in [5.74, 6) is 0. The molecule has 0 unspecified atom stereocenters. The van der Waals surface area contributed by atoms with Crippen LogP contribution in [0.3, 0.4) is 0 Å². The third kappa shape index (κ3) is 4.68. The normalized spacial score (nSPS) is 11.1. The number of nitrogens with one attached hydrogen (secondary N) is 2.